The first-order valence-corrected chi connectivity index (χ1v) is 12.8. The Morgan fingerprint density at radius 2 is 1.80 bits per heavy atom. The SMILES string of the molecule is CC(C)(Cc1c(C(=O)c2ccc(-c3ccc(F)cn3)cc2)c2ccc(OCc3ccccn3)cc2n1C=O)C(=O)O. The third kappa shape index (κ3) is 5.60. The third-order valence-corrected chi connectivity index (χ3v) is 6.88. The summed E-state index contributed by atoms with van der Waals surface area (Å²) in [5.41, 5.74) is 1.99. The smallest absolute Gasteiger partial charge is 0.309 e. The van der Waals surface area contributed by atoms with Crippen LogP contribution >= 0.6 is 0 Å². The Morgan fingerprint density at radius 3 is 2.44 bits per heavy atom. The van der Waals surface area contributed by atoms with Crippen molar-refractivity contribution in [2.45, 2.75) is 26.9 Å². The van der Waals surface area contributed by atoms with Crippen LogP contribution in [0.4, 0.5) is 4.39 Å². The van der Waals surface area contributed by atoms with Crippen LogP contribution in [-0.4, -0.2) is 37.8 Å². The number of carboxylic acids is 1. The van der Waals surface area contributed by atoms with E-state index in [2.05, 4.69) is 9.97 Å². The van der Waals surface area contributed by atoms with Gasteiger partial charge in [-0.05, 0) is 50.2 Å². The van der Waals surface area contributed by atoms with Crippen LogP contribution in [0.2, 0.25) is 0 Å². The van der Waals surface area contributed by atoms with E-state index in [4.69, 9.17) is 4.74 Å². The van der Waals surface area contributed by atoms with Crippen molar-refractivity contribution in [1.29, 1.82) is 0 Å². The molecule has 0 fully saturated rings. The van der Waals surface area contributed by atoms with Crippen molar-refractivity contribution < 1.29 is 28.6 Å². The number of carboxylic acid groups (broad SMARTS) is 1. The van der Waals surface area contributed by atoms with Crippen molar-refractivity contribution in [3.05, 3.63) is 114 Å². The van der Waals surface area contributed by atoms with Gasteiger partial charge in [-0.3, -0.25) is 28.9 Å². The maximum atomic E-state index is 14.0. The second-order valence-electron chi connectivity index (χ2n) is 10.2. The molecular formula is C32H26FN3O5. The van der Waals surface area contributed by atoms with Gasteiger partial charge in [0.2, 0.25) is 6.41 Å². The van der Waals surface area contributed by atoms with Crippen LogP contribution in [0.3, 0.4) is 0 Å². The minimum Gasteiger partial charge on any atom is -0.487 e. The molecule has 0 saturated carbocycles. The van der Waals surface area contributed by atoms with Gasteiger partial charge in [0.25, 0.3) is 0 Å². The zero-order chi connectivity index (χ0) is 29.1. The number of benzene rings is 2. The number of halogens is 1. The average molecular weight is 552 g/mol. The molecule has 0 aliphatic heterocycles. The van der Waals surface area contributed by atoms with Gasteiger partial charge in [0.1, 0.15) is 18.2 Å². The van der Waals surface area contributed by atoms with E-state index in [0.29, 0.717) is 45.6 Å². The number of carbonyl (C=O) groups excluding carboxylic acids is 2. The molecule has 0 amide bonds. The highest BCUT2D eigenvalue weighted by Gasteiger charge is 2.33. The molecule has 3 aromatic heterocycles. The van der Waals surface area contributed by atoms with Gasteiger partial charge in [-0.15, -0.1) is 0 Å². The van der Waals surface area contributed by atoms with E-state index in [1.54, 1.807) is 74.6 Å². The van der Waals surface area contributed by atoms with Crippen LogP contribution in [-0.2, 0) is 22.6 Å². The Balaban J connectivity index is 1.57. The summed E-state index contributed by atoms with van der Waals surface area (Å²) < 4.78 is 20.5. The summed E-state index contributed by atoms with van der Waals surface area (Å²) in [6.07, 6.45) is 3.29. The van der Waals surface area contributed by atoms with Gasteiger partial charge in [0.15, 0.2) is 5.78 Å². The largest absolute Gasteiger partial charge is 0.487 e. The van der Waals surface area contributed by atoms with Gasteiger partial charge in [-0.1, -0.05) is 30.3 Å². The highest BCUT2D eigenvalue weighted by atomic mass is 19.1. The number of rotatable bonds is 10. The molecule has 0 unspecified atom stereocenters. The van der Waals surface area contributed by atoms with Crippen LogP contribution < -0.4 is 4.74 Å². The van der Waals surface area contributed by atoms with E-state index in [0.717, 1.165) is 11.9 Å². The standard InChI is InChI=1S/C32H26FN3O5/c1-32(2,31(39)40)16-28-29(30(38)21-8-6-20(7-9-21)26-13-10-22(33)17-35-26)25-12-11-24(15-27(25)36(28)19-37)41-18-23-5-3-4-14-34-23/h3-15,17,19H,16,18H2,1-2H3,(H,39,40). The molecule has 41 heavy (non-hydrogen) atoms. The monoisotopic (exact) mass is 551 g/mol. The molecule has 2 aromatic carbocycles. The van der Waals surface area contributed by atoms with Gasteiger partial charge >= 0.3 is 5.97 Å². The number of aromatic nitrogens is 3. The van der Waals surface area contributed by atoms with E-state index >= 15 is 0 Å². The average Bonchev–Trinajstić information content (AvgIpc) is 3.28. The van der Waals surface area contributed by atoms with E-state index in [1.165, 1.54) is 10.6 Å². The Hall–Kier alpha value is -5.18. The second-order valence-corrected chi connectivity index (χ2v) is 10.2. The molecule has 9 heteroatoms. The molecule has 206 valence electrons. The number of ether oxygens (including phenoxy) is 1. The first kappa shape index (κ1) is 27.4. The number of hydrogen-bond acceptors (Lipinski definition) is 6. The molecule has 0 radical (unpaired) electrons. The molecule has 5 rings (SSSR count). The third-order valence-electron chi connectivity index (χ3n) is 6.88. The number of fused-ring (bicyclic) bond motifs is 1. The quantitative estimate of drug-likeness (QED) is 0.174. The normalized spacial score (nSPS) is 11.4. The van der Waals surface area contributed by atoms with Crippen molar-refractivity contribution in [1.82, 2.24) is 14.5 Å². The first-order valence-electron chi connectivity index (χ1n) is 12.8. The first-order chi connectivity index (χ1) is 19.7. The van der Waals surface area contributed by atoms with Gasteiger partial charge in [-0.25, -0.2) is 4.39 Å². The molecule has 0 spiro atoms. The summed E-state index contributed by atoms with van der Waals surface area (Å²) in [6, 6.07) is 20.1. The van der Waals surface area contributed by atoms with Crippen LogP contribution in [0.1, 0.15) is 41.2 Å². The summed E-state index contributed by atoms with van der Waals surface area (Å²) in [6.45, 7) is 3.29. The van der Waals surface area contributed by atoms with Crippen LogP contribution in [0, 0.1) is 11.2 Å². The lowest BCUT2D eigenvalue weighted by molar-refractivity contribution is -0.146. The van der Waals surface area contributed by atoms with Crippen molar-refractivity contribution in [3.63, 3.8) is 0 Å². The van der Waals surface area contributed by atoms with Crippen LogP contribution in [0.5, 0.6) is 5.75 Å². The number of pyridine rings is 2. The molecule has 0 aliphatic rings. The lowest BCUT2D eigenvalue weighted by atomic mass is 9.85. The number of nitrogens with zero attached hydrogens (tertiary/aromatic N) is 3. The Kier molecular flexibility index (Phi) is 7.43. The fraction of sp³-hybridized carbons (Fsp3) is 0.156. The summed E-state index contributed by atoms with van der Waals surface area (Å²) >= 11 is 0. The second kappa shape index (κ2) is 11.1. The number of carbonyl (C=O) groups is 3. The molecule has 0 bridgehead atoms. The van der Waals surface area contributed by atoms with Crippen molar-refractivity contribution >= 4 is 29.1 Å². The van der Waals surface area contributed by atoms with E-state index in [-0.39, 0.29) is 24.4 Å². The number of aliphatic carboxylic acids is 1. The summed E-state index contributed by atoms with van der Waals surface area (Å²) in [5, 5.41) is 10.3. The van der Waals surface area contributed by atoms with Gasteiger partial charge in [-0.2, -0.15) is 0 Å². The molecule has 3 heterocycles. The molecule has 1 N–H and O–H groups in total. The molecule has 0 atom stereocenters. The summed E-state index contributed by atoms with van der Waals surface area (Å²) in [4.78, 5) is 46.7. The molecule has 5 aromatic rings. The lowest BCUT2D eigenvalue weighted by Gasteiger charge is -2.20. The summed E-state index contributed by atoms with van der Waals surface area (Å²) in [7, 11) is 0. The Morgan fingerprint density at radius 1 is 1.02 bits per heavy atom. The minimum absolute atomic E-state index is 0.0709. The van der Waals surface area contributed by atoms with Crippen molar-refractivity contribution in [2.24, 2.45) is 5.41 Å². The molecule has 0 aliphatic carbocycles. The zero-order valence-electron chi connectivity index (χ0n) is 22.4. The minimum atomic E-state index is -1.26. The van der Waals surface area contributed by atoms with Gasteiger partial charge in [0.05, 0.1) is 34.1 Å². The fourth-order valence-corrected chi connectivity index (χ4v) is 4.60. The van der Waals surface area contributed by atoms with Crippen LogP contribution in [0.15, 0.2) is 85.2 Å². The predicted octanol–water partition coefficient (Wildman–Crippen LogP) is 5.74. The van der Waals surface area contributed by atoms with Crippen molar-refractivity contribution in [2.75, 3.05) is 0 Å². The van der Waals surface area contributed by atoms with Gasteiger partial charge < -0.3 is 9.84 Å². The molecular weight excluding hydrogens is 525 g/mol. The molecule has 8 nitrogen and oxygen atoms in total. The van der Waals surface area contributed by atoms with E-state index < -0.39 is 17.2 Å². The topological polar surface area (TPSA) is 111 Å². The lowest BCUT2D eigenvalue weighted by Crippen LogP contribution is -2.28. The van der Waals surface area contributed by atoms with E-state index in [9.17, 15) is 23.9 Å². The number of ketones is 1. The number of hydrogen-bond donors (Lipinski definition) is 1. The van der Waals surface area contributed by atoms with Crippen LogP contribution in [0.25, 0.3) is 22.2 Å². The Labute approximate surface area is 235 Å². The Bertz CT molecular complexity index is 1750. The zero-order valence-corrected chi connectivity index (χ0v) is 22.4. The van der Waals surface area contributed by atoms with E-state index in [1.807, 2.05) is 12.1 Å². The highest BCUT2D eigenvalue weighted by molar-refractivity contribution is 6.18. The molecule has 0 saturated heterocycles. The fourth-order valence-electron chi connectivity index (χ4n) is 4.60. The maximum Gasteiger partial charge on any atom is 0.309 e. The van der Waals surface area contributed by atoms with Gasteiger partial charge in [0, 0.05) is 40.9 Å². The summed E-state index contributed by atoms with van der Waals surface area (Å²) in [5.74, 6) is -1.42. The predicted molar refractivity (Wildman–Crippen MR) is 151 cm³/mol. The maximum absolute atomic E-state index is 14.0. The highest BCUT2D eigenvalue weighted by Crippen LogP contribution is 2.35. The van der Waals surface area contributed by atoms with Crippen molar-refractivity contribution in [3.8, 4) is 17.0 Å².